The Morgan fingerprint density at radius 1 is 0.900 bits per heavy atom. The Balaban J connectivity index is 2.60. The molecule has 2 aromatic carbocycles. The summed E-state index contributed by atoms with van der Waals surface area (Å²) in [6.07, 6.45) is 0. The summed E-state index contributed by atoms with van der Waals surface area (Å²) in [7, 11) is 0. The van der Waals surface area contributed by atoms with Crippen LogP contribution in [0.5, 0.6) is 23.0 Å². The first-order valence-corrected chi connectivity index (χ1v) is 6.88. The van der Waals surface area contributed by atoms with Crippen LogP contribution in [-0.2, 0) is 0 Å². The highest BCUT2D eigenvalue weighted by molar-refractivity contribution is 9.11. The van der Waals surface area contributed by atoms with E-state index in [-0.39, 0.29) is 31.6 Å². The zero-order chi connectivity index (χ0) is 15.0. The molecule has 5 nitrogen and oxygen atoms in total. The fourth-order valence-corrected chi connectivity index (χ4v) is 2.75. The van der Waals surface area contributed by atoms with Crippen LogP contribution in [0.15, 0.2) is 33.2 Å². The minimum Gasteiger partial charge on any atom is -0.508 e. The second-order valence-electron chi connectivity index (χ2n) is 3.95. The van der Waals surface area contributed by atoms with E-state index in [2.05, 4.69) is 31.9 Å². The van der Waals surface area contributed by atoms with Gasteiger partial charge in [-0.1, -0.05) is 0 Å². The highest BCUT2D eigenvalue weighted by Crippen LogP contribution is 2.42. The third kappa shape index (κ3) is 2.46. The lowest BCUT2D eigenvalue weighted by Crippen LogP contribution is -2.02. The minimum absolute atomic E-state index is 0.0338. The largest absolute Gasteiger partial charge is 0.508 e. The average Bonchev–Trinajstić information content (AvgIpc) is 2.40. The lowest BCUT2D eigenvalue weighted by molar-refractivity contribution is 0.103. The molecule has 0 saturated heterocycles. The maximum absolute atomic E-state index is 12.3. The van der Waals surface area contributed by atoms with Crippen LogP contribution < -0.4 is 0 Å². The van der Waals surface area contributed by atoms with E-state index in [0.29, 0.717) is 0 Å². The van der Waals surface area contributed by atoms with Crippen LogP contribution in [0.3, 0.4) is 0 Å². The zero-order valence-electron chi connectivity index (χ0n) is 9.76. The molecule has 2 aromatic rings. The Hall–Kier alpha value is -1.73. The van der Waals surface area contributed by atoms with Crippen molar-refractivity contribution in [2.75, 3.05) is 0 Å². The van der Waals surface area contributed by atoms with E-state index in [9.17, 15) is 25.2 Å². The van der Waals surface area contributed by atoms with Gasteiger partial charge in [0.05, 0.1) is 15.6 Å². The van der Waals surface area contributed by atoms with Crippen molar-refractivity contribution in [3.05, 3.63) is 44.3 Å². The molecule has 2 rings (SSSR count). The average molecular weight is 404 g/mol. The summed E-state index contributed by atoms with van der Waals surface area (Å²) in [5.41, 5.74) is -0.190. The number of ketones is 1. The van der Waals surface area contributed by atoms with E-state index in [1.807, 2.05) is 0 Å². The molecule has 0 bridgehead atoms. The molecular formula is C13H8Br2O5. The predicted octanol–water partition coefficient (Wildman–Crippen LogP) is 3.26. The predicted molar refractivity (Wildman–Crippen MR) is 78.4 cm³/mol. The maximum Gasteiger partial charge on any atom is 0.200 e. The lowest BCUT2D eigenvalue weighted by atomic mass is 10.0. The molecule has 0 amide bonds. The van der Waals surface area contributed by atoms with Crippen molar-refractivity contribution in [1.82, 2.24) is 0 Å². The summed E-state index contributed by atoms with van der Waals surface area (Å²) in [5, 5.41) is 38.4. The number of benzene rings is 2. The second-order valence-corrected chi connectivity index (χ2v) is 5.60. The molecule has 4 N–H and O–H groups in total. The molecule has 0 aliphatic carbocycles. The van der Waals surface area contributed by atoms with Crippen molar-refractivity contribution in [3.8, 4) is 23.0 Å². The molecule has 0 fully saturated rings. The van der Waals surface area contributed by atoms with Crippen molar-refractivity contribution in [2.45, 2.75) is 0 Å². The highest BCUT2D eigenvalue weighted by Gasteiger charge is 2.22. The Morgan fingerprint density at radius 3 is 2.15 bits per heavy atom. The van der Waals surface area contributed by atoms with E-state index < -0.39 is 17.3 Å². The minimum atomic E-state index is -0.651. The van der Waals surface area contributed by atoms with Crippen molar-refractivity contribution in [3.63, 3.8) is 0 Å². The third-order valence-electron chi connectivity index (χ3n) is 2.64. The molecule has 7 heteroatoms. The number of phenols is 4. The van der Waals surface area contributed by atoms with Crippen LogP contribution in [-0.4, -0.2) is 26.2 Å². The van der Waals surface area contributed by atoms with Crippen LogP contribution in [0.4, 0.5) is 0 Å². The number of carbonyl (C=O) groups is 1. The van der Waals surface area contributed by atoms with Gasteiger partial charge < -0.3 is 20.4 Å². The van der Waals surface area contributed by atoms with E-state index >= 15 is 0 Å². The first-order valence-electron chi connectivity index (χ1n) is 5.29. The monoisotopic (exact) mass is 402 g/mol. The van der Waals surface area contributed by atoms with Crippen molar-refractivity contribution in [1.29, 1.82) is 0 Å². The smallest absolute Gasteiger partial charge is 0.200 e. The highest BCUT2D eigenvalue weighted by atomic mass is 79.9. The SMILES string of the molecule is O=C(c1ccc(O)cc1O)c1cc(Br)c(O)c(Br)c1O. The van der Waals surface area contributed by atoms with Gasteiger partial charge in [-0.25, -0.2) is 0 Å². The van der Waals surface area contributed by atoms with Crippen molar-refractivity contribution < 1.29 is 25.2 Å². The quantitative estimate of drug-likeness (QED) is 0.577. The normalized spacial score (nSPS) is 10.5. The first-order chi connectivity index (χ1) is 9.32. The first kappa shape index (κ1) is 14.7. The fourth-order valence-electron chi connectivity index (χ4n) is 1.63. The number of aromatic hydroxyl groups is 4. The number of rotatable bonds is 2. The van der Waals surface area contributed by atoms with Gasteiger partial charge in [0, 0.05) is 6.07 Å². The number of phenolic OH excluding ortho intramolecular Hbond substituents is 4. The summed E-state index contributed by atoms with van der Waals surface area (Å²) in [5.74, 6) is -1.93. The Bertz CT molecular complexity index is 712. The summed E-state index contributed by atoms with van der Waals surface area (Å²) >= 11 is 6.02. The van der Waals surface area contributed by atoms with Gasteiger partial charge in [-0.2, -0.15) is 0 Å². The lowest BCUT2D eigenvalue weighted by Gasteiger charge is -2.10. The van der Waals surface area contributed by atoms with Gasteiger partial charge in [0.15, 0.2) is 0 Å². The molecule has 0 saturated carbocycles. The third-order valence-corrected chi connectivity index (χ3v) is 3.99. The zero-order valence-corrected chi connectivity index (χ0v) is 12.9. The van der Waals surface area contributed by atoms with Crippen LogP contribution in [0, 0.1) is 0 Å². The van der Waals surface area contributed by atoms with Crippen molar-refractivity contribution >= 4 is 37.6 Å². The van der Waals surface area contributed by atoms with Crippen LogP contribution in [0.25, 0.3) is 0 Å². The van der Waals surface area contributed by atoms with Gasteiger partial charge in [-0.15, -0.1) is 0 Å². The molecule has 0 aromatic heterocycles. The summed E-state index contributed by atoms with van der Waals surface area (Å²) in [4.78, 5) is 12.3. The number of carbonyl (C=O) groups excluding carboxylic acids is 1. The van der Waals surface area contributed by atoms with Crippen LogP contribution in [0.2, 0.25) is 0 Å². The van der Waals surface area contributed by atoms with E-state index in [1.54, 1.807) is 0 Å². The standard InChI is InChI=1S/C13H8Br2O5/c14-8-4-7(12(19)10(15)13(8)20)11(18)6-2-1-5(16)3-9(6)17/h1-4,16-17,19-20H. The summed E-state index contributed by atoms with van der Waals surface area (Å²) in [6, 6.07) is 4.74. The van der Waals surface area contributed by atoms with Gasteiger partial charge in [-0.05, 0) is 50.1 Å². The van der Waals surface area contributed by atoms with Crippen LogP contribution >= 0.6 is 31.9 Å². The Kier molecular flexibility index (Phi) is 3.92. The Labute approximate surface area is 130 Å². The topological polar surface area (TPSA) is 98.0 Å². The van der Waals surface area contributed by atoms with E-state index in [0.717, 1.165) is 6.07 Å². The van der Waals surface area contributed by atoms with Gasteiger partial charge >= 0.3 is 0 Å². The number of hydrogen-bond donors (Lipinski definition) is 4. The van der Waals surface area contributed by atoms with Gasteiger partial charge in [0.25, 0.3) is 0 Å². The molecule has 104 valence electrons. The molecule has 20 heavy (non-hydrogen) atoms. The molecule has 0 heterocycles. The van der Waals surface area contributed by atoms with E-state index in [1.165, 1.54) is 18.2 Å². The molecule has 0 radical (unpaired) electrons. The molecule has 0 atom stereocenters. The molecule has 0 unspecified atom stereocenters. The second kappa shape index (κ2) is 5.34. The molecular weight excluding hydrogens is 396 g/mol. The molecule has 0 spiro atoms. The maximum atomic E-state index is 12.3. The summed E-state index contributed by atoms with van der Waals surface area (Å²) < 4.78 is 0.178. The van der Waals surface area contributed by atoms with Gasteiger partial charge in [0.1, 0.15) is 27.5 Å². The van der Waals surface area contributed by atoms with Gasteiger partial charge in [-0.3, -0.25) is 4.79 Å². The van der Waals surface area contributed by atoms with Crippen molar-refractivity contribution in [2.24, 2.45) is 0 Å². The fraction of sp³-hybridized carbons (Fsp3) is 0. The van der Waals surface area contributed by atoms with E-state index in [4.69, 9.17) is 0 Å². The number of hydrogen-bond acceptors (Lipinski definition) is 5. The number of halogens is 2. The van der Waals surface area contributed by atoms with Gasteiger partial charge in [0.2, 0.25) is 5.78 Å². The molecule has 0 aliphatic heterocycles. The molecule has 0 aliphatic rings. The summed E-state index contributed by atoms with van der Waals surface area (Å²) in [6.45, 7) is 0. The van der Waals surface area contributed by atoms with Crippen LogP contribution in [0.1, 0.15) is 15.9 Å². The Morgan fingerprint density at radius 2 is 1.55 bits per heavy atom.